The zero-order valence-electron chi connectivity index (χ0n) is 5.51. The van der Waals surface area contributed by atoms with E-state index in [1.165, 1.54) is 25.8 Å². The van der Waals surface area contributed by atoms with Gasteiger partial charge in [0, 0.05) is 18.6 Å². The molecule has 9 heavy (non-hydrogen) atoms. The van der Waals surface area contributed by atoms with Crippen LogP contribution in [0.5, 0.6) is 0 Å². The van der Waals surface area contributed by atoms with Crippen molar-refractivity contribution in [3.63, 3.8) is 0 Å². The standard InChI is InChI=1S/C7H12N2/c1-2-6-7(8-6)9-4-3-5(1)9/h5-8H,1-4H2/t5-,6+,7+/m0/s1. The lowest BCUT2D eigenvalue weighted by Crippen LogP contribution is -2.52. The molecule has 50 valence electrons. The summed E-state index contributed by atoms with van der Waals surface area (Å²) in [6, 6.07) is 1.86. The molecule has 3 atom stereocenters. The molecule has 2 nitrogen and oxygen atoms in total. The maximum absolute atomic E-state index is 3.49. The molecule has 1 N–H and O–H groups in total. The maximum Gasteiger partial charge on any atom is 0.0761 e. The number of piperidine rings is 1. The average molecular weight is 124 g/mol. The van der Waals surface area contributed by atoms with Crippen molar-refractivity contribution in [1.82, 2.24) is 10.2 Å². The fourth-order valence-corrected chi connectivity index (χ4v) is 2.24. The van der Waals surface area contributed by atoms with Gasteiger partial charge in [0.2, 0.25) is 0 Å². The highest BCUT2D eigenvalue weighted by Crippen LogP contribution is 2.37. The van der Waals surface area contributed by atoms with Crippen LogP contribution >= 0.6 is 0 Å². The minimum atomic E-state index is 0.817. The van der Waals surface area contributed by atoms with E-state index >= 15 is 0 Å². The predicted molar refractivity (Wildman–Crippen MR) is 35.1 cm³/mol. The molecule has 0 saturated carbocycles. The van der Waals surface area contributed by atoms with Crippen molar-refractivity contribution in [1.29, 1.82) is 0 Å². The predicted octanol–water partition coefficient (Wildman–Crippen LogP) is 0.152. The Hall–Kier alpha value is -0.0800. The van der Waals surface area contributed by atoms with Gasteiger partial charge in [-0.25, -0.2) is 0 Å². The number of hydrogen-bond acceptors (Lipinski definition) is 2. The first-order chi connectivity index (χ1) is 4.45. The van der Waals surface area contributed by atoms with E-state index in [-0.39, 0.29) is 0 Å². The quantitative estimate of drug-likeness (QED) is 0.465. The molecule has 0 radical (unpaired) electrons. The Labute approximate surface area is 55.2 Å². The zero-order chi connectivity index (χ0) is 5.84. The van der Waals surface area contributed by atoms with Gasteiger partial charge in [0.15, 0.2) is 0 Å². The van der Waals surface area contributed by atoms with Gasteiger partial charge >= 0.3 is 0 Å². The van der Waals surface area contributed by atoms with Crippen molar-refractivity contribution in [3.8, 4) is 0 Å². The molecule has 3 fully saturated rings. The lowest BCUT2D eigenvalue weighted by molar-refractivity contribution is 0.0516. The van der Waals surface area contributed by atoms with E-state index in [1.54, 1.807) is 0 Å². The van der Waals surface area contributed by atoms with Crippen molar-refractivity contribution < 1.29 is 0 Å². The number of hydrogen-bond donors (Lipinski definition) is 1. The summed E-state index contributed by atoms with van der Waals surface area (Å²) in [5.41, 5.74) is 0. The van der Waals surface area contributed by atoms with E-state index in [0.717, 1.165) is 18.2 Å². The van der Waals surface area contributed by atoms with Crippen LogP contribution in [0.1, 0.15) is 19.3 Å². The van der Waals surface area contributed by atoms with Crippen LogP contribution < -0.4 is 5.32 Å². The molecule has 0 unspecified atom stereocenters. The normalized spacial score (nSPS) is 55.3. The highest BCUT2D eigenvalue weighted by atomic mass is 15.4. The third kappa shape index (κ3) is 0.485. The van der Waals surface area contributed by atoms with Crippen molar-refractivity contribution in [3.05, 3.63) is 0 Å². The molecule has 0 aromatic heterocycles. The monoisotopic (exact) mass is 124 g/mol. The van der Waals surface area contributed by atoms with Crippen molar-refractivity contribution >= 4 is 0 Å². The van der Waals surface area contributed by atoms with Crippen LogP contribution in [0.4, 0.5) is 0 Å². The van der Waals surface area contributed by atoms with E-state index in [0.29, 0.717) is 0 Å². The van der Waals surface area contributed by atoms with Gasteiger partial charge in [-0.15, -0.1) is 0 Å². The third-order valence-corrected chi connectivity index (χ3v) is 3.01. The molecule has 0 spiro atoms. The lowest BCUT2D eigenvalue weighted by Gasteiger charge is -2.43. The molecule has 3 rings (SSSR count). The molecular weight excluding hydrogens is 112 g/mol. The number of rotatable bonds is 0. The van der Waals surface area contributed by atoms with Gasteiger partial charge in [-0.05, 0) is 19.3 Å². The van der Waals surface area contributed by atoms with Gasteiger partial charge in [-0.3, -0.25) is 10.2 Å². The lowest BCUT2D eigenvalue weighted by atomic mass is 9.92. The second kappa shape index (κ2) is 1.32. The molecule has 0 amide bonds. The van der Waals surface area contributed by atoms with Crippen molar-refractivity contribution in [2.45, 2.75) is 37.5 Å². The van der Waals surface area contributed by atoms with Crippen LogP contribution in [-0.4, -0.2) is 29.7 Å². The number of nitrogens with one attached hydrogen (secondary N) is 1. The van der Waals surface area contributed by atoms with Crippen LogP contribution in [0.2, 0.25) is 0 Å². The summed E-state index contributed by atoms with van der Waals surface area (Å²) in [5.74, 6) is 0. The molecule has 0 aliphatic carbocycles. The Bertz CT molecular complexity index is 144. The molecular formula is C7H12N2. The zero-order valence-corrected chi connectivity index (χ0v) is 5.51. The van der Waals surface area contributed by atoms with E-state index in [1.807, 2.05) is 0 Å². The SMILES string of the molecule is C1C[C@H]2N[C@@H]2N2CC[C@H]12. The molecule has 0 aromatic carbocycles. The molecule has 0 aromatic rings. The molecule has 3 aliphatic rings. The minimum Gasteiger partial charge on any atom is -0.295 e. The number of fused-ring (bicyclic) bond motifs is 3. The highest BCUT2D eigenvalue weighted by Gasteiger charge is 2.50. The van der Waals surface area contributed by atoms with Crippen LogP contribution in [0.25, 0.3) is 0 Å². The average Bonchev–Trinajstić information content (AvgIpc) is 2.43. The molecule has 3 saturated heterocycles. The van der Waals surface area contributed by atoms with E-state index in [4.69, 9.17) is 0 Å². The van der Waals surface area contributed by atoms with Crippen LogP contribution in [0, 0.1) is 0 Å². The molecule has 3 aliphatic heterocycles. The summed E-state index contributed by atoms with van der Waals surface area (Å²) < 4.78 is 0. The topological polar surface area (TPSA) is 25.2 Å². The number of nitrogens with zero attached hydrogens (tertiary/aromatic N) is 1. The van der Waals surface area contributed by atoms with E-state index in [2.05, 4.69) is 10.2 Å². The van der Waals surface area contributed by atoms with E-state index in [9.17, 15) is 0 Å². The van der Waals surface area contributed by atoms with Gasteiger partial charge in [0.05, 0.1) is 6.17 Å². The first-order valence-corrected chi connectivity index (χ1v) is 3.97. The second-order valence-corrected chi connectivity index (χ2v) is 3.48. The Kier molecular flexibility index (Phi) is 0.691. The highest BCUT2D eigenvalue weighted by molar-refractivity contribution is 5.07. The van der Waals surface area contributed by atoms with Gasteiger partial charge in [-0.1, -0.05) is 0 Å². The fraction of sp³-hybridized carbons (Fsp3) is 1.00. The summed E-state index contributed by atoms with van der Waals surface area (Å²) >= 11 is 0. The van der Waals surface area contributed by atoms with Crippen molar-refractivity contribution in [2.75, 3.05) is 6.54 Å². The minimum absolute atomic E-state index is 0.817. The van der Waals surface area contributed by atoms with Gasteiger partial charge < -0.3 is 0 Å². The summed E-state index contributed by atoms with van der Waals surface area (Å²) in [6.45, 7) is 1.36. The van der Waals surface area contributed by atoms with Crippen LogP contribution in [0.15, 0.2) is 0 Å². The van der Waals surface area contributed by atoms with Gasteiger partial charge in [0.1, 0.15) is 0 Å². The molecule has 0 bridgehead atoms. The van der Waals surface area contributed by atoms with Gasteiger partial charge in [0.25, 0.3) is 0 Å². The summed E-state index contributed by atoms with van der Waals surface area (Å²) in [6.07, 6.45) is 5.17. The first kappa shape index (κ1) is 4.69. The summed E-state index contributed by atoms with van der Waals surface area (Å²) in [4.78, 5) is 2.62. The van der Waals surface area contributed by atoms with Crippen molar-refractivity contribution in [2.24, 2.45) is 0 Å². The fourth-order valence-electron chi connectivity index (χ4n) is 2.24. The first-order valence-electron chi connectivity index (χ1n) is 3.97. The largest absolute Gasteiger partial charge is 0.295 e. The third-order valence-electron chi connectivity index (χ3n) is 3.01. The Morgan fingerprint density at radius 2 is 2.22 bits per heavy atom. The van der Waals surface area contributed by atoms with Gasteiger partial charge in [-0.2, -0.15) is 0 Å². The smallest absolute Gasteiger partial charge is 0.0761 e. The summed E-state index contributed by atoms with van der Waals surface area (Å²) in [7, 11) is 0. The Morgan fingerprint density at radius 1 is 1.22 bits per heavy atom. The molecule has 3 heterocycles. The van der Waals surface area contributed by atoms with Crippen LogP contribution in [-0.2, 0) is 0 Å². The maximum atomic E-state index is 3.49. The Balaban J connectivity index is 1.82. The molecule has 2 heteroatoms. The second-order valence-electron chi connectivity index (χ2n) is 3.48. The Morgan fingerprint density at radius 3 is 2.89 bits per heavy atom. The van der Waals surface area contributed by atoms with E-state index < -0.39 is 0 Å². The summed E-state index contributed by atoms with van der Waals surface area (Å²) in [5, 5.41) is 3.49. The van der Waals surface area contributed by atoms with Crippen LogP contribution in [0.3, 0.4) is 0 Å².